The van der Waals surface area contributed by atoms with E-state index in [-0.39, 0.29) is 0 Å². The Balaban J connectivity index is 1.43. The third-order valence-corrected chi connectivity index (χ3v) is 6.54. The van der Waals surface area contributed by atoms with Crippen molar-refractivity contribution in [2.75, 3.05) is 19.6 Å². The van der Waals surface area contributed by atoms with Gasteiger partial charge in [-0.3, -0.25) is 4.90 Å². The van der Waals surface area contributed by atoms with Crippen LogP contribution in [0.3, 0.4) is 0 Å². The molecule has 4 aromatic rings. The van der Waals surface area contributed by atoms with Crippen molar-refractivity contribution in [3.8, 4) is 35.3 Å². The van der Waals surface area contributed by atoms with Gasteiger partial charge in [-0.25, -0.2) is 4.98 Å². The molecule has 1 atom stereocenters. The number of benzene rings is 2. The SMILES string of the molecule is C#CCN(CCn1ccc2cc(C#Cc3ccc(-c4ccc(Cl)cc4)cn3)ccc21)CC(C)CC. The van der Waals surface area contributed by atoms with Crippen molar-refractivity contribution in [2.24, 2.45) is 5.92 Å². The molecule has 0 aliphatic carbocycles. The van der Waals surface area contributed by atoms with Crippen LogP contribution in [0, 0.1) is 30.1 Å². The van der Waals surface area contributed by atoms with Crippen LogP contribution in [0.5, 0.6) is 0 Å². The third kappa shape index (κ3) is 6.55. The van der Waals surface area contributed by atoms with E-state index in [1.807, 2.05) is 42.6 Å². The summed E-state index contributed by atoms with van der Waals surface area (Å²) >= 11 is 5.98. The van der Waals surface area contributed by atoms with Crippen LogP contribution in [-0.2, 0) is 6.54 Å². The predicted octanol–water partition coefficient (Wildman–Crippen LogP) is 6.74. The van der Waals surface area contributed by atoms with E-state index in [0.29, 0.717) is 12.5 Å². The van der Waals surface area contributed by atoms with E-state index in [1.165, 1.54) is 17.3 Å². The number of nitrogens with zero attached hydrogens (tertiary/aromatic N) is 3. The lowest BCUT2D eigenvalue weighted by Gasteiger charge is -2.23. The molecule has 4 rings (SSSR count). The molecule has 176 valence electrons. The summed E-state index contributed by atoms with van der Waals surface area (Å²) in [5.74, 6) is 9.89. The highest BCUT2D eigenvalue weighted by Crippen LogP contribution is 2.21. The van der Waals surface area contributed by atoms with Crippen LogP contribution in [-0.4, -0.2) is 34.1 Å². The van der Waals surface area contributed by atoms with E-state index < -0.39 is 0 Å². The first-order valence-electron chi connectivity index (χ1n) is 12.0. The summed E-state index contributed by atoms with van der Waals surface area (Å²) < 4.78 is 2.30. The van der Waals surface area contributed by atoms with Gasteiger partial charge in [0.2, 0.25) is 0 Å². The van der Waals surface area contributed by atoms with Crippen molar-refractivity contribution in [3.05, 3.63) is 89.3 Å². The first-order chi connectivity index (χ1) is 17.1. The second-order valence-corrected chi connectivity index (χ2v) is 9.36. The molecule has 2 heterocycles. The first-order valence-corrected chi connectivity index (χ1v) is 12.4. The number of hydrogen-bond donors (Lipinski definition) is 0. The molecule has 0 fully saturated rings. The molecule has 0 amide bonds. The maximum Gasteiger partial charge on any atom is 0.113 e. The van der Waals surface area contributed by atoms with Gasteiger partial charge in [0.15, 0.2) is 0 Å². The van der Waals surface area contributed by atoms with Crippen LogP contribution >= 0.6 is 11.6 Å². The zero-order valence-electron chi connectivity index (χ0n) is 20.3. The lowest BCUT2D eigenvalue weighted by atomic mass is 10.1. The molecule has 0 radical (unpaired) electrons. The van der Waals surface area contributed by atoms with Crippen LogP contribution < -0.4 is 0 Å². The summed E-state index contributed by atoms with van der Waals surface area (Å²) in [6.07, 6.45) is 10.8. The van der Waals surface area contributed by atoms with Crippen molar-refractivity contribution >= 4 is 22.5 Å². The van der Waals surface area contributed by atoms with Crippen LogP contribution in [0.15, 0.2) is 73.1 Å². The minimum atomic E-state index is 0.647. The van der Waals surface area contributed by atoms with Gasteiger partial charge in [0.25, 0.3) is 0 Å². The van der Waals surface area contributed by atoms with Crippen LogP contribution in [0.1, 0.15) is 31.5 Å². The normalized spacial score (nSPS) is 11.7. The molecular weight excluding hydrogens is 450 g/mol. The minimum Gasteiger partial charge on any atom is -0.346 e. The van der Waals surface area contributed by atoms with Gasteiger partial charge in [-0.2, -0.15) is 0 Å². The lowest BCUT2D eigenvalue weighted by molar-refractivity contribution is 0.252. The molecule has 0 saturated heterocycles. The molecular formula is C31H30ClN3. The number of aromatic nitrogens is 2. The second-order valence-electron chi connectivity index (χ2n) is 8.92. The summed E-state index contributed by atoms with van der Waals surface area (Å²) in [6.45, 7) is 8.09. The highest BCUT2D eigenvalue weighted by atomic mass is 35.5. The maximum absolute atomic E-state index is 5.98. The van der Waals surface area contributed by atoms with Gasteiger partial charge in [-0.1, -0.05) is 61.9 Å². The Labute approximate surface area is 213 Å². The van der Waals surface area contributed by atoms with E-state index in [9.17, 15) is 0 Å². The van der Waals surface area contributed by atoms with E-state index in [2.05, 4.69) is 76.5 Å². The first kappa shape index (κ1) is 24.6. The Hall–Kier alpha value is -3.50. The van der Waals surface area contributed by atoms with Crippen molar-refractivity contribution < 1.29 is 0 Å². The fourth-order valence-corrected chi connectivity index (χ4v) is 4.20. The number of fused-ring (bicyclic) bond motifs is 1. The van der Waals surface area contributed by atoms with Crippen molar-refractivity contribution in [2.45, 2.75) is 26.8 Å². The monoisotopic (exact) mass is 479 g/mol. The molecule has 0 bridgehead atoms. The van der Waals surface area contributed by atoms with E-state index in [0.717, 1.165) is 47.0 Å². The molecule has 0 aliphatic heterocycles. The minimum absolute atomic E-state index is 0.647. The number of halogens is 1. The zero-order valence-corrected chi connectivity index (χ0v) is 21.1. The number of pyridine rings is 1. The van der Waals surface area contributed by atoms with Gasteiger partial charge < -0.3 is 4.57 Å². The summed E-state index contributed by atoms with van der Waals surface area (Å²) in [7, 11) is 0. The van der Waals surface area contributed by atoms with Crippen molar-refractivity contribution in [1.29, 1.82) is 0 Å². The Morgan fingerprint density at radius 2 is 1.83 bits per heavy atom. The quantitative estimate of drug-likeness (QED) is 0.261. The molecule has 2 aromatic heterocycles. The topological polar surface area (TPSA) is 21.1 Å². The highest BCUT2D eigenvalue weighted by Gasteiger charge is 2.09. The average Bonchev–Trinajstić information content (AvgIpc) is 3.29. The molecule has 0 spiro atoms. The fraction of sp³-hybridized carbons (Fsp3) is 0.258. The molecule has 0 saturated carbocycles. The number of hydrogen-bond acceptors (Lipinski definition) is 2. The standard InChI is InChI=1S/C31H30ClN3/c1-4-17-34(23-24(3)5-2)19-20-35-18-16-27-21-25(7-15-31(27)35)6-13-30-14-10-28(22-33-30)26-8-11-29(32)12-9-26/h1,7-12,14-16,18,21-22,24H,5,17,19-20,23H2,2-3H3. The van der Waals surface area contributed by atoms with Gasteiger partial charge >= 0.3 is 0 Å². The molecule has 0 aliphatic rings. The number of terminal acetylenes is 1. The van der Waals surface area contributed by atoms with Gasteiger partial charge in [0.1, 0.15) is 5.69 Å². The molecule has 35 heavy (non-hydrogen) atoms. The highest BCUT2D eigenvalue weighted by molar-refractivity contribution is 6.30. The third-order valence-electron chi connectivity index (χ3n) is 6.29. The zero-order chi connectivity index (χ0) is 24.6. The Morgan fingerprint density at radius 1 is 1.03 bits per heavy atom. The van der Waals surface area contributed by atoms with Crippen LogP contribution in [0.25, 0.3) is 22.0 Å². The van der Waals surface area contributed by atoms with Gasteiger partial charge in [-0.05, 0) is 59.9 Å². The summed E-state index contributed by atoms with van der Waals surface area (Å²) in [5, 5.41) is 1.91. The molecule has 1 unspecified atom stereocenters. The smallest absolute Gasteiger partial charge is 0.113 e. The van der Waals surface area contributed by atoms with E-state index >= 15 is 0 Å². The fourth-order valence-electron chi connectivity index (χ4n) is 4.07. The maximum atomic E-state index is 5.98. The van der Waals surface area contributed by atoms with Gasteiger partial charge in [0.05, 0.1) is 6.54 Å². The average molecular weight is 480 g/mol. The van der Waals surface area contributed by atoms with E-state index in [1.54, 1.807) is 0 Å². The Morgan fingerprint density at radius 3 is 2.54 bits per heavy atom. The summed E-state index contributed by atoms with van der Waals surface area (Å²) in [4.78, 5) is 6.88. The molecule has 4 heteroatoms. The Kier molecular flexibility index (Phi) is 8.27. The van der Waals surface area contributed by atoms with Crippen LogP contribution in [0.2, 0.25) is 5.02 Å². The lowest BCUT2D eigenvalue weighted by Crippen LogP contribution is -2.32. The second kappa shape index (κ2) is 11.8. The van der Waals surface area contributed by atoms with Gasteiger partial charge in [0, 0.05) is 59.1 Å². The molecule has 2 aromatic carbocycles. The summed E-state index contributed by atoms with van der Waals surface area (Å²) in [5.41, 5.74) is 5.06. The summed E-state index contributed by atoms with van der Waals surface area (Å²) in [6, 6.07) is 20.3. The Bertz CT molecular complexity index is 1370. The van der Waals surface area contributed by atoms with Crippen molar-refractivity contribution in [1.82, 2.24) is 14.5 Å². The molecule has 0 N–H and O–H groups in total. The molecule has 3 nitrogen and oxygen atoms in total. The van der Waals surface area contributed by atoms with Crippen LogP contribution in [0.4, 0.5) is 0 Å². The van der Waals surface area contributed by atoms with Gasteiger partial charge in [-0.15, -0.1) is 6.42 Å². The largest absolute Gasteiger partial charge is 0.346 e. The van der Waals surface area contributed by atoms with Crippen molar-refractivity contribution in [3.63, 3.8) is 0 Å². The predicted molar refractivity (Wildman–Crippen MR) is 147 cm³/mol. The van der Waals surface area contributed by atoms with E-state index in [4.69, 9.17) is 18.0 Å². The number of rotatable bonds is 8.